The summed E-state index contributed by atoms with van der Waals surface area (Å²) in [5.74, 6) is 0. The van der Waals surface area contributed by atoms with Gasteiger partial charge in [-0.15, -0.1) is 0 Å². The zero-order valence-electron chi connectivity index (χ0n) is 15.1. The lowest BCUT2D eigenvalue weighted by atomic mass is 9.80. The third-order valence-corrected chi connectivity index (χ3v) is 6.94. The van der Waals surface area contributed by atoms with Crippen LogP contribution in [0.2, 0.25) is 0 Å². The van der Waals surface area contributed by atoms with Crippen molar-refractivity contribution in [3.8, 4) is 0 Å². The molecular weight excluding hydrogens is 338 g/mol. The summed E-state index contributed by atoms with van der Waals surface area (Å²) in [7, 11) is 0. The molecule has 6 aromatic rings. The third-order valence-electron chi connectivity index (χ3n) is 6.94. The second kappa shape index (κ2) is 4.28. The minimum atomic E-state index is 0.272. The first-order chi connectivity index (χ1) is 13.9. The van der Waals surface area contributed by atoms with E-state index < -0.39 is 0 Å². The number of nitrogens with zero attached hydrogens (tertiary/aromatic N) is 1. The van der Waals surface area contributed by atoms with Crippen molar-refractivity contribution >= 4 is 59.5 Å². The summed E-state index contributed by atoms with van der Waals surface area (Å²) in [6.45, 7) is 0. The second-order valence-electron chi connectivity index (χ2n) is 8.16. The summed E-state index contributed by atoms with van der Waals surface area (Å²) in [5, 5.41) is 14.0. The van der Waals surface area contributed by atoms with Crippen LogP contribution in [-0.4, -0.2) is 0 Å². The van der Waals surface area contributed by atoms with E-state index in [4.69, 9.17) is 0 Å². The minimum Gasteiger partial charge on any atom is -0.336 e. The zero-order valence-corrected chi connectivity index (χ0v) is 15.1. The predicted molar refractivity (Wildman–Crippen MR) is 120 cm³/mol. The van der Waals surface area contributed by atoms with Crippen LogP contribution in [0.1, 0.15) is 11.6 Å². The Morgan fingerprint density at radius 3 is 1.71 bits per heavy atom. The first-order valence-corrected chi connectivity index (χ1v) is 9.92. The van der Waals surface area contributed by atoms with Gasteiger partial charge in [-0.3, -0.25) is 0 Å². The van der Waals surface area contributed by atoms with E-state index in [0.29, 0.717) is 0 Å². The molecule has 0 radical (unpaired) electrons. The van der Waals surface area contributed by atoms with Crippen LogP contribution in [0, 0.1) is 0 Å². The monoisotopic (exact) mass is 353 g/mol. The molecule has 6 aromatic carbocycles. The van der Waals surface area contributed by atoms with Gasteiger partial charge in [0, 0.05) is 17.0 Å². The van der Waals surface area contributed by atoms with E-state index in [0.717, 1.165) is 0 Å². The van der Waals surface area contributed by atoms with Crippen molar-refractivity contribution in [3.63, 3.8) is 0 Å². The van der Waals surface area contributed by atoms with Crippen LogP contribution >= 0.6 is 0 Å². The lowest BCUT2D eigenvalue weighted by molar-refractivity contribution is 0.840. The van der Waals surface area contributed by atoms with Crippen LogP contribution in [0.25, 0.3) is 53.9 Å². The molecule has 1 heteroatoms. The molecule has 128 valence electrons. The highest BCUT2D eigenvalue weighted by Crippen LogP contribution is 2.53. The standard InChI is InChI=1S/C27H15N/c1-2-14-28-20(3-1)19-12-10-17-8-6-15-4-5-16-7-9-18-11-13-21(28)27-25(18)23(16)22(15)24(17)26(19)27/h1-14,20H. The molecule has 0 fully saturated rings. The van der Waals surface area contributed by atoms with Gasteiger partial charge in [0.15, 0.2) is 0 Å². The molecule has 2 aliphatic rings. The van der Waals surface area contributed by atoms with E-state index >= 15 is 0 Å². The highest BCUT2D eigenvalue weighted by Gasteiger charge is 2.31. The van der Waals surface area contributed by atoms with Crippen molar-refractivity contribution in [2.75, 3.05) is 4.90 Å². The first kappa shape index (κ1) is 13.6. The van der Waals surface area contributed by atoms with Crippen LogP contribution in [0.15, 0.2) is 85.1 Å². The summed E-state index contributed by atoms with van der Waals surface area (Å²) in [6.07, 6.45) is 8.89. The van der Waals surface area contributed by atoms with E-state index in [1.807, 2.05) is 0 Å². The summed E-state index contributed by atoms with van der Waals surface area (Å²) in [5.41, 5.74) is 2.75. The van der Waals surface area contributed by atoms with Crippen molar-refractivity contribution in [2.45, 2.75) is 6.04 Å². The van der Waals surface area contributed by atoms with E-state index in [1.165, 1.54) is 65.1 Å². The molecule has 0 saturated carbocycles. The fraction of sp³-hybridized carbons (Fsp3) is 0.0370. The molecule has 1 atom stereocenters. The number of anilines is 1. The molecule has 0 amide bonds. The Balaban J connectivity index is 1.84. The van der Waals surface area contributed by atoms with Crippen molar-refractivity contribution in [3.05, 3.63) is 90.7 Å². The van der Waals surface area contributed by atoms with Crippen molar-refractivity contribution in [1.29, 1.82) is 0 Å². The summed E-state index contributed by atoms with van der Waals surface area (Å²) in [6, 6.07) is 23.3. The van der Waals surface area contributed by atoms with Gasteiger partial charge in [0.2, 0.25) is 0 Å². The molecule has 0 spiro atoms. The topological polar surface area (TPSA) is 3.24 Å². The highest BCUT2D eigenvalue weighted by molar-refractivity contribution is 6.42. The number of fused-ring (bicyclic) bond motifs is 3. The van der Waals surface area contributed by atoms with Gasteiger partial charge in [-0.25, -0.2) is 0 Å². The Bertz CT molecular complexity index is 1530. The van der Waals surface area contributed by atoms with Gasteiger partial charge in [-0.05, 0) is 60.8 Å². The van der Waals surface area contributed by atoms with E-state index in [-0.39, 0.29) is 6.04 Å². The fourth-order valence-corrected chi connectivity index (χ4v) is 5.83. The van der Waals surface area contributed by atoms with Crippen molar-refractivity contribution < 1.29 is 0 Å². The minimum absolute atomic E-state index is 0.272. The molecule has 2 aliphatic heterocycles. The molecule has 1 unspecified atom stereocenters. The predicted octanol–water partition coefficient (Wildman–Crippen LogP) is 7.27. The van der Waals surface area contributed by atoms with Gasteiger partial charge in [0.25, 0.3) is 0 Å². The molecule has 0 N–H and O–H groups in total. The number of hydrogen-bond acceptors (Lipinski definition) is 1. The number of rotatable bonds is 0. The van der Waals surface area contributed by atoms with Crippen LogP contribution in [-0.2, 0) is 0 Å². The number of benzene rings is 6. The molecular formula is C27H15N. The van der Waals surface area contributed by atoms with E-state index in [2.05, 4.69) is 90.0 Å². The van der Waals surface area contributed by atoms with Gasteiger partial charge in [0.1, 0.15) is 0 Å². The smallest absolute Gasteiger partial charge is 0.0779 e. The van der Waals surface area contributed by atoms with Gasteiger partial charge in [-0.2, -0.15) is 0 Å². The Morgan fingerprint density at radius 1 is 0.500 bits per heavy atom. The Hall–Kier alpha value is -3.58. The van der Waals surface area contributed by atoms with E-state index in [9.17, 15) is 0 Å². The largest absolute Gasteiger partial charge is 0.336 e. The Morgan fingerprint density at radius 2 is 1.04 bits per heavy atom. The highest BCUT2D eigenvalue weighted by atomic mass is 15.2. The first-order valence-electron chi connectivity index (χ1n) is 9.92. The van der Waals surface area contributed by atoms with Gasteiger partial charge < -0.3 is 4.90 Å². The Labute approximate surface area is 161 Å². The molecule has 1 nitrogen and oxygen atoms in total. The molecule has 28 heavy (non-hydrogen) atoms. The van der Waals surface area contributed by atoms with Crippen molar-refractivity contribution in [2.24, 2.45) is 0 Å². The van der Waals surface area contributed by atoms with E-state index in [1.54, 1.807) is 0 Å². The zero-order chi connectivity index (χ0) is 18.0. The third kappa shape index (κ3) is 1.32. The summed E-state index contributed by atoms with van der Waals surface area (Å²) >= 11 is 0. The molecule has 0 aromatic heterocycles. The SMILES string of the molecule is C1=CC2c3ccc4ccc5ccc6ccc7ccc(c8c3c4c5c6c78)N2C=C1. The van der Waals surface area contributed by atoms with Gasteiger partial charge in [0.05, 0.1) is 11.7 Å². The lowest BCUT2D eigenvalue weighted by Gasteiger charge is -2.37. The normalized spacial score (nSPS) is 18.0. The average molecular weight is 353 g/mol. The average Bonchev–Trinajstić information content (AvgIpc) is 2.77. The van der Waals surface area contributed by atoms with Crippen molar-refractivity contribution in [1.82, 2.24) is 0 Å². The van der Waals surface area contributed by atoms with Crippen LogP contribution in [0.5, 0.6) is 0 Å². The molecule has 0 bridgehead atoms. The maximum Gasteiger partial charge on any atom is 0.0779 e. The quantitative estimate of drug-likeness (QED) is 0.205. The molecule has 0 saturated heterocycles. The maximum absolute atomic E-state index is 2.44. The fourth-order valence-electron chi connectivity index (χ4n) is 5.83. The second-order valence-corrected chi connectivity index (χ2v) is 8.16. The lowest BCUT2D eigenvalue weighted by Crippen LogP contribution is -2.26. The Kier molecular flexibility index (Phi) is 2.08. The molecule has 2 heterocycles. The maximum atomic E-state index is 2.44. The number of hydrogen-bond donors (Lipinski definition) is 0. The van der Waals surface area contributed by atoms with Gasteiger partial charge >= 0.3 is 0 Å². The van der Waals surface area contributed by atoms with Crippen LogP contribution in [0.3, 0.4) is 0 Å². The van der Waals surface area contributed by atoms with Gasteiger partial charge in [-0.1, -0.05) is 66.7 Å². The summed E-state index contributed by atoms with van der Waals surface area (Å²) in [4.78, 5) is 2.44. The molecule has 8 rings (SSSR count). The van der Waals surface area contributed by atoms with Crippen LogP contribution in [0.4, 0.5) is 5.69 Å². The van der Waals surface area contributed by atoms with Crippen LogP contribution < -0.4 is 4.90 Å². The number of allylic oxidation sites excluding steroid dienone is 2. The molecule has 0 aliphatic carbocycles. The summed E-state index contributed by atoms with van der Waals surface area (Å²) < 4.78 is 0.